The summed E-state index contributed by atoms with van der Waals surface area (Å²) in [5.74, 6) is 0.170. The van der Waals surface area contributed by atoms with Gasteiger partial charge in [-0.2, -0.15) is 0 Å². The van der Waals surface area contributed by atoms with E-state index in [0.717, 1.165) is 24.8 Å². The fourth-order valence-corrected chi connectivity index (χ4v) is 3.27. The van der Waals surface area contributed by atoms with Gasteiger partial charge in [0.15, 0.2) is 5.78 Å². The van der Waals surface area contributed by atoms with E-state index >= 15 is 0 Å². The van der Waals surface area contributed by atoms with Gasteiger partial charge in [0.1, 0.15) is 0 Å². The standard InChI is InChI=1S/C15H22O2/c1-11-4-6-14(2,7-5-11)15(3)9-13(17)8-12(15)10-16/h4,8,16H,5-7,9-10H2,1-3H3. The highest BCUT2D eigenvalue weighted by Crippen LogP contribution is 2.56. The number of ketones is 1. The van der Waals surface area contributed by atoms with Gasteiger partial charge >= 0.3 is 0 Å². The highest BCUT2D eigenvalue weighted by atomic mass is 16.3. The van der Waals surface area contributed by atoms with Crippen molar-refractivity contribution in [2.75, 3.05) is 6.61 Å². The van der Waals surface area contributed by atoms with Crippen LogP contribution < -0.4 is 0 Å². The van der Waals surface area contributed by atoms with Crippen LogP contribution >= 0.6 is 0 Å². The molecule has 17 heavy (non-hydrogen) atoms. The van der Waals surface area contributed by atoms with E-state index in [1.54, 1.807) is 6.08 Å². The maximum Gasteiger partial charge on any atom is 0.156 e. The predicted octanol–water partition coefficient (Wildman–Crippen LogP) is 3.02. The van der Waals surface area contributed by atoms with Crippen LogP contribution in [0.2, 0.25) is 0 Å². The molecule has 94 valence electrons. The maximum atomic E-state index is 11.7. The van der Waals surface area contributed by atoms with Gasteiger partial charge in [0.05, 0.1) is 6.61 Å². The molecule has 0 aromatic heterocycles. The second-order valence-corrected chi connectivity index (χ2v) is 6.12. The molecule has 0 radical (unpaired) electrons. The van der Waals surface area contributed by atoms with Crippen molar-refractivity contribution < 1.29 is 9.90 Å². The van der Waals surface area contributed by atoms with E-state index in [0.29, 0.717) is 6.42 Å². The lowest BCUT2D eigenvalue weighted by molar-refractivity contribution is -0.116. The molecule has 0 spiro atoms. The first-order valence-electron chi connectivity index (χ1n) is 6.42. The van der Waals surface area contributed by atoms with Crippen LogP contribution in [0.1, 0.15) is 46.5 Å². The molecule has 0 aliphatic heterocycles. The van der Waals surface area contributed by atoms with Crippen LogP contribution in [-0.4, -0.2) is 17.5 Å². The molecule has 0 heterocycles. The zero-order chi connectivity index (χ0) is 12.7. The van der Waals surface area contributed by atoms with Crippen molar-refractivity contribution in [2.45, 2.75) is 46.5 Å². The van der Waals surface area contributed by atoms with Crippen molar-refractivity contribution in [2.24, 2.45) is 10.8 Å². The Labute approximate surface area is 103 Å². The molecular formula is C15H22O2. The number of aliphatic hydroxyl groups is 1. The van der Waals surface area contributed by atoms with Gasteiger partial charge in [-0.3, -0.25) is 4.79 Å². The second-order valence-electron chi connectivity index (χ2n) is 6.12. The zero-order valence-corrected chi connectivity index (χ0v) is 11.0. The quantitative estimate of drug-likeness (QED) is 0.746. The third-order valence-corrected chi connectivity index (χ3v) is 5.05. The summed E-state index contributed by atoms with van der Waals surface area (Å²) in [7, 11) is 0. The van der Waals surface area contributed by atoms with Gasteiger partial charge in [0.25, 0.3) is 0 Å². The van der Waals surface area contributed by atoms with E-state index in [2.05, 4.69) is 26.8 Å². The summed E-state index contributed by atoms with van der Waals surface area (Å²) in [6.45, 7) is 6.59. The fourth-order valence-electron chi connectivity index (χ4n) is 3.27. The van der Waals surface area contributed by atoms with Crippen LogP contribution in [0.5, 0.6) is 0 Å². The van der Waals surface area contributed by atoms with Crippen LogP contribution in [0.25, 0.3) is 0 Å². The number of carbonyl (C=O) groups is 1. The molecule has 2 nitrogen and oxygen atoms in total. The summed E-state index contributed by atoms with van der Waals surface area (Å²) in [5.41, 5.74) is 2.33. The van der Waals surface area contributed by atoms with Gasteiger partial charge in [0, 0.05) is 11.8 Å². The van der Waals surface area contributed by atoms with Crippen molar-refractivity contribution in [1.29, 1.82) is 0 Å². The Morgan fingerprint density at radius 3 is 2.65 bits per heavy atom. The molecule has 2 heteroatoms. The highest BCUT2D eigenvalue weighted by molar-refractivity contribution is 5.94. The molecule has 0 amide bonds. The largest absolute Gasteiger partial charge is 0.392 e. The lowest BCUT2D eigenvalue weighted by atomic mass is 9.57. The zero-order valence-electron chi connectivity index (χ0n) is 11.0. The number of allylic oxidation sites excluding steroid dienone is 3. The fraction of sp³-hybridized carbons (Fsp3) is 0.667. The molecule has 0 bridgehead atoms. The topological polar surface area (TPSA) is 37.3 Å². The van der Waals surface area contributed by atoms with E-state index < -0.39 is 0 Å². The summed E-state index contributed by atoms with van der Waals surface area (Å²) < 4.78 is 0. The first-order chi connectivity index (χ1) is 7.91. The minimum Gasteiger partial charge on any atom is -0.392 e. The molecule has 1 N–H and O–H groups in total. The lowest BCUT2D eigenvalue weighted by Gasteiger charge is -2.47. The second kappa shape index (κ2) is 4.09. The molecule has 0 fully saturated rings. The van der Waals surface area contributed by atoms with Crippen LogP contribution in [0.3, 0.4) is 0 Å². The van der Waals surface area contributed by atoms with Gasteiger partial charge in [-0.1, -0.05) is 25.5 Å². The maximum absolute atomic E-state index is 11.7. The summed E-state index contributed by atoms with van der Waals surface area (Å²) in [6, 6.07) is 0. The molecule has 0 saturated heterocycles. The van der Waals surface area contributed by atoms with E-state index in [-0.39, 0.29) is 23.2 Å². The van der Waals surface area contributed by atoms with Crippen LogP contribution in [0.15, 0.2) is 23.3 Å². The summed E-state index contributed by atoms with van der Waals surface area (Å²) in [5, 5.41) is 9.48. The average Bonchev–Trinajstić information content (AvgIpc) is 2.59. The van der Waals surface area contributed by atoms with Crippen molar-refractivity contribution in [3.05, 3.63) is 23.3 Å². The molecule has 2 aliphatic carbocycles. The van der Waals surface area contributed by atoms with Gasteiger partial charge < -0.3 is 5.11 Å². The summed E-state index contributed by atoms with van der Waals surface area (Å²) >= 11 is 0. The van der Waals surface area contributed by atoms with Gasteiger partial charge in [-0.25, -0.2) is 0 Å². The minimum atomic E-state index is -0.157. The van der Waals surface area contributed by atoms with Gasteiger partial charge in [-0.15, -0.1) is 0 Å². The number of hydrogen-bond donors (Lipinski definition) is 1. The number of aliphatic hydroxyl groups excluding tert-OH is 1. The highest BCUT2D eigenvalue weighted by Gasteiger charge is 2.50. The van der Waals surface area contributed by atoms with E-state index in [1.807, 2.05) is 0 Å². The first-order valence-corrected chi connectivity index (χ1v) is 6.42. The molecular weight excluding hydrogens is 212 g/mol. The molecule has 0 saturated carbocycles. The van der Waals surface area contributed by atoms with Crippen LogP contribution in [-0.2, 0) is 4.79 Å². The van der Waals surface area contributed by atoms with Crippen molar-refractivity contribution in [3.8, 4) is 0 Å². The van der Waals surface area contributed by atoms with E-state index in [4.69, 9.17) is 0 Å². The molecule has 2 aliphatic rings. The van der Waals surface area contributed by atoms with Crippen LogP contribution in [0, 0.1) is 10.8 Å². The SMILES string of the molecule is CC1=CCC(C)(C2(C)CC(=O)C=C2CO)CC1. The summed E-state index contributed by atoms with van der Waals surface area (Å²) in [4.78, 5) is 11.7. The molecule has 0 aromatic carbocycles. The molecule has 0 aromatic rings. The van der Waals surface area contributed by atoms with Gasteiger partial charge in [-0.05, 0) is 43.3 Å². The molecule has 2 rings (SSSR count). The van der Waals surface area contributed by atoms with Crippen LogP contribution in [0.4, 0.5) is 0 Å². The Bertz CT molecular complexity index is 405. The number of rotatable bonds is 2. The summed E-state index contributed by atoms with van der Waals surface area (Å²) in [6.07, 6.45) is 7.75. The Morgan fingerprint density at radius 2 is 2.12 bits per heavy atom. The van der Waals surface area contributed by atoms with Crippen molar-refractivity contribution in [3.63, 3.8) is 0 Å². The Balaban J connectivity index is 2.33. The first kappa shape index (κ1) is 12.6. The monoisotopic (exact) mass is 234 g/mol. The minimum absolute atomic E-state index is 0.0144. The van der Waals surface area contributed by atoms with E-state index in [9.17, 15) is 9.90 Å². The van der Waals surface area contributed by atoms with Gasteiger partial charge in [0.2, 0.25) is 0 Å². The molecule has 2 unspecified atom stereocenters. The predicted molar refractivity (Wildman–Crippen MR) is 68.6 cm³/mol. The third kappa shape index (κ3) is 1.89. The Kier molecular flexibility index (Phi) is 3.03. The van der Waals surface area contributed by atoms with Crippen molar-refractivity contribution >= 4 is 5.78 Å². The number of carbonyl (C=O) groups excluding carboxylic acids is 1. The smallest absolute Gasteiger partial charge is 0.156 e. The third-order valence-electron chi connectivity index (χ3n) is 5.05. The normalized spacial score (nSPS) is 38.0. The lowest BCUT2D eigenvalue weighted by Crippen LogP contribution is -2.40. The molecule has 2 atom stereocenters. The van der Waals surface area contributed by atoms with E-state index in [1.165, 1.54) is 5.57 Å². The Hall–Kier alpha value is -0.890. The van der Waals surface area contributed by atoms with Crippen molar-refractivity contribution in [1.82, 2.24) is 0 Å². The average molecular weight is 234 g/mol. The Morgan fingerprint density at radius 1 is 1.41 bits per heavy atom. The number of hydrogen-bond acceptors (Lipinski definition) is 2.